The van der Waals surface area contributed by atoms with Crippen LogP contribution in [0.3, 0.4) is 0 Å². The Hall–Kier alpha value is -2.38. The highest BCUT2D eigenvalue weighted by Crippen LogP contribution is 2.25. The number of carbonyl (C=O) groups excluding carboxylic acids is 3. The molecular formula is C13H17N5O3. The molecule has 3 rings (SSSR count). The molecule has 0 saturated carbocycles. The topological polar surface area (TPSA) is 98.4 Å². The minimum atomic E-state index is -0.490. The van der Waals surface area contributed by atoms with E-state index < -0.39 is 6.03 Å². The van der Waals surface area contributed by atoms with Crippen molar-refractivity contribution in [2.24, 2.45) is 0 Å². The molecule has 3 heterocycles. The monoisotopic (exact) mass is 291 g/mol. The highest BCUT2D eigenvalue weighted by molar-refractivity contribution is 6.04. The second kappa shape index (κ2) is 5.55. The number of imide groups is 1. The number of aromatic amines is 1. The molecule has 8 heteroatoms. The van der Waals surface area contributed by atoms with Crippen LogP contribution >= 0.6 is 0 Å². The van der Waals surface area contributed by atoms with Crippen molar-refractivity contribution in [3.8, 4) is 0 Å². The Labute approximate surface area is 121 Å². The van der Waals surface area contributed by atoms with Crippen molar-refractivity contribution >= 4 is 17.8 Å². The number of hydrogen-bond acceptors (Lipinski definition) is 4. The number of H-pyrrole nitrogens is 1. The van der Waals surface area contributed by atoms with Gasteiger partial charge in [0.15, 0.2) is 0 Å². The first-order chi connectivity index (χ1) is 10.1. The maximum atomic E-state index is 12.3. The van der Waals surface area contributed by atoms with E-state index in [1.54, 1.807) is 11.1 Å². The molecule has 1 aromatic rings. The lowest BCUT2D eigenvalue weighted by Gasteiger charge is -2.32. The molecule has 2 aliphatic rings. The number of aromatic nitrogens is 2. The summed E-state index contributed by atoms with van der Waals surface area (Å²) >= 11 is 0. The van der Waals surface area contributed by atoms with Crippen molar-refractivity contribution in [1.82, 2.24) is 25.3 Å². The van der Waals surface area contributed by atoms with Crippen molar-refractivity contribution in [1.29, 1.82) is 0 Å². The number of likely N-dealkylation sites (tertiary alicyclic amines) is 1. The molecule has 2 fully saturated rings. The van der Waals surface area contributed by atoms with Crippen molar-refractivity contribution in [2.75, 3.05) is 26.2 Å². The van der Waals surface area contributed by atoms with E-state index in [0.29, 0.717) is 13.1 Å². The molecule has 2 N–H and O–H groups in total. The lowest BCUT2D eigenvalue weighted by Crippen LogP contribution is -2.46. The summed E-state index contributed by atoms with van der Waals surface area (Å²) in [6, 6.07) is 1.42. The van der Waals surface area contributed by atoms with Gasteiger partial charge in [0.05, 0.1) is 6.54 Å². The van der Waals surface area contributed by atoms with E-state index >= 15 is 0 Å². The summed E-state index contributed by atoms with van der Waals surface area (Å²) in [5, 5.41) is 9.29. The molecule has 1 aromatic heterocycles. The minimum Gasteiger partial charge on any atom is -0.340 e. The second-order valence-corrected chi connectivity index (χ2v) is 5.33. The summed E-state index contributed by atoms with van der Waals surface area (Å²) in [7, 11) is 0. The Balaban J connectivity index is 1.62. The molecule has 8 nitrogen and oxygen atoms in total. The number of carbonyl (C=O) groups is 3. The predicted molar refractivity (Wildman–Crippen MR) is 72.3 cm³/mol. The summed E-state index contributed by atoms with van der Waals surface area (Å²) in [5.41, 5.74) is 1.02. The number of nitrogens with zero attached hydrogens (tertiary/aromatic N) is 3. The first kappa shape index (κ1) is 13.6. The van der Waals surface area contributed by atoms with Crippen LogP contribution in [-0.4, -0.2) is 64.0 Å². The van der Waals surface area contributed by atoms with E-state index in [0.717, 1.165) is 23.4 Å². The van der Waals surface area contributed by atoms with Crippen LogP contribution in [0.15, 0.2) is 12.3 Å². The zero-order valence-corrected chi connectivity index (χ0v) is 11.5. The molecule has 0 bridgehead atoms. The molecule has 112 valence electrons. The van der Waals surface area contributed by atoms with Gasteiger partial charge in [0.1, 0.15) is 6.54 Å². The number of nitrogens with one attached hydrogen (secondary N) is 2. The van der Waals surface area contributed by atoms with E-state index in [4.69, 9.17) is 0 Å². The largest absolute Gasteiger partial charge is 0.340 e. The summed E-state index contributed by atoms with van der Waals surface area (Å²) < 4.78 is 0. The quantitative estimate of drug-likeness (QED) is 0.745. The fraction of sp³-hybridized carbons (Fsp3) is 0.538. The van der Waals surface area contributed by atoms with Crippen LogP contribution in [0.5, 0.6) is 0 Å². The molecule has 0 aliphatic carbocycles. The fourth-order valence-electron chi connectivity index (χ4n) is 2.80. The van der Waals surface area contributed by atoms with Gasteiger partial charge in [0.2, 0.25) is 5.91 Å². The first-order valence-corrected chi connectivity index (χ1v) is 7.00. The normalized spacial score (nSPS) is 22.6. The fourth-order valence-corrected chi connectivity index (χ4v) is 2.80. The molecule has 1 atom stereocenters. The van der Waals surface area contributed by atoms with Crippen molar-refractivity contribution in [3.63, 3.8) is 0 Å². The van der Waals surface area contributed by atoms with Gasteiger partial charge in [-0.3, -0.25) is 19.6 Å². The molecule has 0 aromatic carbocycles. The van der Waals surface area contributed by atoms with E-state index in [9.17, 15) is 14.4 Å². The molecule has 0 spiro atoms. The Bertz CT molecular complexity index is 540. The van der Waals surface area contributed by atoms with Crippen LogP contribution in [0, 0.1) is 0 Å². The third-order valence-corrected chi connectivity index (χ3v) is 3.97. The third-order valence-electron chi connectivity index (χ3n) is 3.97. The molecule has 0 unspecified atom stereocenters. The van der Waals surface area contributed by atoms with Crippen LogP contribution < -0.4 is 5.32 Å². The van der Waals surface area contributed by atoms with Crippen LogP contribution in [0.4, 0.5) is 4.79 Å². The highest BCUT2D eigenvalue weighted by Gasteiger charge is 2.33. The van der Waals surface area contributed by atoms with Gasteiger partial charge in [0.25, 0.3) is 5.91 Å². The van der Waals surface area contributed by atoms with Gasteiger partial charge in [-0.25, -0.2) is 4.79 Å². The SMILES string of the molecule is O=C(CN1C(=O)CNC1=O)N1CCC[C@H](c2ccn[nH]2)C1. The summed E-state index contributed by atoms with van der Waals surface area (Å²) in [5.74, 6) is -0.312. The van der Waals surface area contributed by atoms with Crippen LogP contribution in [-0.2, 0) is 9.59 Å². The number of hydrogen-bond donors (Lipinski definition) is 2. The smallest absolute Gasteiger partial charge is 0.325 e. The third kappa shape index (κ3) is 2.74. The molecule has 4 amide bonds. The van der Waals surface area contributed by atoms with Gasteiger partial charge >= 0.3 is 6.03 Å². The van der Waals surface area contributed by atoms with Gasteiger partial charge in [-0.2, -0.15) is 5.10 Å². The average molecular weight is 291 g/mol. The number of urea groups is 1. The Morgan fingerprint density at radius 2 is 2.29 bits per heavy atom. The van der Waals surface area contributed by atoms with Gasteiger partial charge in [-0.05, 0) is 18.9 Å². The summed E-state index contributed by atoms with van der Waals surface area (Å²) in [6.07, 6.45) is 3.59. The van der Waals surface area contributed by atoms with Gasteiger partial charge in [-0.1, -0.05) is 0 Å². The molecule has 0 radical (unpaired) electrons. The molecule has 2 saturated heterocycles. The van der Waals surface area contributed by atoms with Crippen LogP contribution in [0.25, 0.3) is 0 Å². The van der Waals surface area contributed by atoms with E-state index in [-0.39, 0.29) is 30.8 Å². The van der Waals surface area contributed by atoms with Crippen molar-refractivity contribution in [2.45, 2.75) is 18.8 Å². The Morgan fingerprint density at radius 1 is 1.43 bits per heavy atom. The zero-order chi connectivity index (χ0) is 14.8. The molecular weight excluding hydrogens is 274 g/mol. The lowest BCUT2D eigenvalue weighted by molar-refractivity contribution is -0.137. The maximum Gasteiger partial charge on any atom is 0.325 e. The van der Waals surface area contributed by atoms with Crippen molar-refractivity contribution < 1.29 is 14.4 Å². The minimum absolute atomic E-state index is 0.0249. The van der Waals surface area contributed by atoms with E-state index in [1.807, 2.05) is 6.07 Å². The van der Waals surface area contributed by atoms with Gasteiger partial charge < -0.3 is 10.2 Å². The Kier molecular flexibility index (Phi) is 3.59. The maximum absolute atomic E-state index is 12.3. The molecule has 21 heavy (non-hydrogen) atoms. The summed E-state index contributed by atoms with van der Waals surface area (Å²) in [4.78, 5) is 38.0. The predicted octanol–water partition coefficient (Wildman–Crippen LogP) is -0.333. The first-order valence-electron chi connectivity index (χ1n) is 7.00. The standard InChI is InChI=1S/C13H17N5O3/c19-11-6-14-13(21)18(11)8-12(20)17-5-1-2-9(7-17)10-3-4-15-16-10/h3-4,9H,1-2,5-8H2,(H,14,21)(H,15,16)/t9-/m0/s1. The van der Waals surface area contributed by atoms with Gasteiger partial charge in [0, 0.05) is 30.9 Å². The Morgan fingerprint density at radius 3 is 2.95 bits per heavy atom. The number of piperidine rings is 1. The molecule has 2 aliphatic heterocycles. The van der Waals surface area contributed by atoms with Gasteiger partial charge in [-0.15, -0.1) is 0 Å². The summed E-state index contributed by atoms with van der Waals surface area (Å²) in [6.45, 7) is 1.04. The van der Waals surface area contributed by atoms with E-state index in [1.165, 1.54) is 0 Å². The number of amides is 4. The zero-order valence-electron chi connectivity index (χ0n) is 11.5. The van der Waals surface area contributed by atoms with Crippen LogP contribution in [0.1, 0.15) is 24.5 Å². The van der Waals surface area contributed by atoms with E-state index in [2.05, 4.69) is 15.5 Å². The highest BCUT2D eigenvalue weighted by atomic mass is 16.2. The van der Waals surface area contributed by atoms with Crippen molar-refractivity contribution in [3.05, 3.63) is 18.0 Å². The number of rotatable bonds is 3. The second-order valence-electron chi connectivity index (χ2n) is 5.33. The lowest BCUT2D eigenvalue weighted by atomic mass is 9.95. The average Bonchev–Trinajstić information content (AvgIpc) is 3.13. The van der Waals surface area contributed by atoms with Crippen LogP contribution in [0.2, 0.25) is 0 Å².